The molecule has 0 spiro atoms. The van der Waals surface area contributed by atoms with Crippen LogP contribution in [0.4, 0.5) is 11.4 Å². The van der Waals surface area contributed by atoms with Crippen LogP contribution in [0.25, 0.3) is 0 Å². The monoisotopic (exact) mass is 374 g/mol. The van der Waals surface area contributed by atoms with Gasteiger partial charge in [0.1, 0.15) is 11.5 Å². The van der Waals surface area contributed by atoms with Crippen molar-refractivity contribution in [3.63, 3.8) is 0 Å². The second-order valence-electron chi connectivity index (χ2n) is 6.09. The number of nitrogens with zero attached hydrogens (tertiary/aromatic N) is 1. The molecule has 1 aliphatic heterocycles. The number of fused-ring (bicyclic) bond motifs is 1. The van der Waals surface area contributed by atoms with Crippen molar-refractivity contribution in [2.75, 3.05) is 23.9 Å². The molecule has 1 atom stereocenters. The van der Waals surface area contributed by atoms with Crippen LogP contribution in [-0.4, -0.2) is 31.6 Å². The Balaban J connectivity index is 1.64. The van der Waals surface area contributed by atoms with E-state index < -0.39 is 6.10 Å². The maximum atomic E-state index is 12.1. The van der Waals surface area contributed by atoms with E-state index in [-0.39, 0.29) is 18.4 Å². The predicted molar refractivity (Wildman–Crippen MR) is 100 cm³/mol. The van der Waals surface area contributed by atoms with Gasteiger partial charge in [-0.1, -0.05) is 11.6 Å². The molecule has 2 aromatic rings. The fourth-order valence-electron chi connectivity index (χ4n) is 2.64. The van der Waals surface area contributed by atoms with Crippen LogP contribution in [0.3, 0.4) is 0 Å². The summed E-state index contributed by atoms with van der Waals surface area (Å²) >= 11 is 5.97. The van der Waals surface area contributed by atoms with Crippen LogP contribution in [0.1, 0.15) is 12.5 Å². The van der Waals surface area contributed by atoms with E-state index in [1.807, 2.05) is 6.92 Å². The van der Waals surface area contributed by atoms with E-state index in [9.17, 15) is 9.59 Å². The highest BCUT2D eigenvalue weighted by Gasteiger charge is 2.29. The van der Waals surface area contributed by atoms with Gasteiger partial charge in [0.25, 0.3) is 11.8 Å². The van der Waals surface area contributed by atoms with E-state index >= 15 is 0 Å². The number of hydrogen-bond acceptors (Lipinski definition) is 4. The largest absolute Gasteiger partial charge is 0.484 e. The number of carbonyl (C=O) groups is 2. The Hall–Kier alpha value is -2.73. The molecule has 7 heteroatoms. The summed E-state index contributed by atoms with van der Waals surface area (Å²) in [4.78, 5) is 25.7. The Kier molecular flexibility index (Phi) is 5.04. The Labute approximate surface area is 156 Å². The molecule has 3 rings (SSSR count). The van der Waals surface area contributed by atoms with Crippen LogP contribution >= 0.6 is 11.6 Å². The molecule has 0 radical (unpaired) electrons. The summed E-state index contributed by atoms with van der Waals surface area (Å²) in [5, 5.41) is 3.40. The van der Waals surface area contributed by atoms with Gasteiger partial charge in [-0.3, -0.25) is 9.59 Å². The molecular formula is C19H19ClN2O4. The third-order valence-electron chi connectivity index (χ3n) is 4.09. The van der Waals surface area contributed by atoms with Crippen LogP contribution in [0.5, 0.6) is 11.5 Å². The predicted octanol–water partition coefficient (Wildman–Crippen LogP) is 3.41. The van der Waals surface area contributed by atoms with E-state index in [4.69, 9.17) is 21.1 Å². The summed E-state index contributed by atoms with van der Waals surface area (Å²) in [6.07, 6.45) is -0.524. The lowest BCUT2D eigenvalue weighted by Crippen LogP contribution is -2.42. The van der Waals surface area contributed by atoms with Gasteiger partial charge in [-0.05, 0) is 55.8 Å². The normalized spacial score (nSPS) is 15.9. The first-order valence-electron chi connectivity index (χ1n) is 8.12. The highest BCUT2D eigenvalue weighted by molar-refractivity contribution is 6.31. The zero-order chi connectivity index (χ0) is 18.8. The molecule has 0 bridgehead atoms. The average Bonchev–Trinajstić information content (AvgIpc) is 2.61. The maximum absolute atomic E-state index is 12.1. The Morgan fingerprint density at radius 2 is 2.08 bits per heavy atom. The number of aryl methyl sites for hydroxylation is 1. The molecule has 1 heterocycles. The second-order valence-corrected chi connectivity index (χ2v) is 6.49. The minimum absolute atomic E-state index is 0.137. The van der Waals surface area contributed by atoms with E-state index in [2.05, 4.69) is 5.32 Å². The minimum Gasteiger partial charge on any atom is -0.484 e. The Bertz CT molecular complexity index is 869. The van der Waals surface area contributed by atoms with Crippen molar-refractivity contribution in [1.82, 2.24) is 0 Å². The molecule has 1 unspecified atom stereocenters. The fourth-order valence-corrected chi connectivity index (χ4v) is 2.76. The third-order valence-corrected chi connectivity index (χ3v) is 4.51. The molecule has 6 nitrogen and oxygen atoms in total. The summed E-state index contributed by atoms with van der Waals surface area (Å²) in [6, 6.07) is 10.4. The number of nitrogens with one attached hydrogen (secondary N) is 1. The van der Waals surface area contributed by atoms with Crippen molar-refractivity contribution in [2.45, 2.75) is 20.0 Å². The van der Waals surface area contributed by atoms with Gasteiger partial charge < -0.3 is 19.7 Å². The standard InChI is InChI=1S/C19H19ClN2O4/c1-11-8-14(5-6-15(11)20)25-10-18(23)21-13-4-7-17-16(9-13)22(3)19(24)12(2)26-17/h4-9,12H,10H2,1-3H3,(H,21,23). The van der Waals surface area contributed by atoms with E-state index in [0.717, 1.165) is 5.56 Å². The van der Waals surface area contributed by atoms with E-state index in [0.29, 0.717) is 27.9 Å². The smallest absolute Gasteiger partial charge is 0.267 e. The Morgan fingerprint density at radius 1 is 1.31 bits per heavy atom. The van der Waals surface area contributed by atoms with Crippen molar-refractivity contribution >= 4 is 34.8 Å². The quantitative estimate of drug-likeness (QED) is 0.890. The number of anilines is 2. The van der Waals surface area contributed by atoms with Crippen molar-refractivity contribution in [1.29, 1.82) is 0 Å². The minimum atomic E-state index is -0.524. The van der Waals surface area contributed by atoms with Gasteiger partial charge in [-0.15, -0.1) is 0 Å². The number of hydrogen-bond donors (Lipinski definition) is 1. The number of benzene rings is 2. The molecule has 0 aliphatic carbocycles. The van der Waals surface area contributed by atoms with Crippen LogP contribution in [0.15, 0.2) is 36.4 Å². The van der Waals surface area contributed by atoms with Crippen molar-refractivity contribution in [3.8, 4) is 11.5 Å². The van der Waals surface area contributed by atoms with Crippen molar-refractivity contribution < 1.29 is 19.1 Å². The zero-order valence-corrected chi connectivity index (χ0v) is 15.5. The van der Waals surface area contributed by atoms with Gasteiger partial charge in [0.15, 0.2) is 12.7 Å². The zero-order valence-electron chi connectivity index (χ0n) is 14.7. The van der Waals surface area contributed by atoms with Crippen LogP contribution < -0.4 is 19.7 Å². The lowest BCUT2D eigenvalue weighted by molar-refractivity contribution is -0.125. The van der Waals surface area contributed by atoms with Crippen LogP contribution in [0, 0.1) is 6.92 Å². The number of ether oxygens (including phenoxy) is 2. The first-order chi connectivity index (χ1) is 12.3. The molecule has 136 valence electrons. The molecule has 0 fully saturated rings. The van der Waals surface area contributed by atoms with Gasteiger partial charge in [-0.25, -0.2) is 0 Å². The molecular weight excluding hydrogens is 356 g/mol. The number of amides is 2. The summed E-state index contributed by atoms with van der Waals surface area (Å²) < 4.78 is 11.0. The molecule has 0 aromatic heterocycles. The molecule has 1 aliphatic rings. The van der Waals surface area contributed by atoms with Gasteiger partial charge in [0, 0.05) is 17.8 Å². The number of halogens is 1. The molecule has 26 heavy (non-hydrogen) atoms. The summed E-state index contributed by atoms with van der Waals surface area (Å²) in [6.45, 7) is 3.43. The topological polar surface area (TPSA) is 67.9 Å². The average molecular weight is 375 g/mol. The molecule has 1 N–H and O–H groups in total. The van der Waals surface area contributed by atoms with E-state index in [1.54, 1.807) is 50.4 Å². The number of likely N-dealkylation sites (N-methyl/N-ethyl adjacent to an activating group) is 1. The van der Waals surface area contributed by atoms with Crippen LogP contribution in [0.2, 0.25) is 5.02 Å². The van der Waals surface area contributed by atoms with Gasteiger partial charge in [-0.2, -0.15) is 0 Å². The van der Waals surface area contributed by atoms with Gasteiger partial charge in [0.2, 0.25) is 0 Å². The van der Waals surface area contributed by atoms with Crippen molar-refractivity contribution in [2.24, 2.45) is 0 Å². The SMILES string of the molecule is Cc1cc(OCC(=O)Nc2ccc3c(c2)N(C)C(=O)C(C)O3)ccc1Cl. The Morgan fingerprint density at radius 3 is 2.81 bits per heavy atom. The molecule has 0 saturated carbocycles. The first kappa shape index (κ1) is 18.1. The lowest BCUT2D eigenvalue weighted by Gasteiger charge is -2.30. The summed E-state index contributed by atoms with van der Waals surface area (Å²) in [5.74, 6) is 0.727. The second kappa shape index (κ2) is 7.25. The maximum Gasteiger partial charge on any atom is 0.267 e. The molecule has 2 aromatic carbocycles. The lowest BCUT2D eigenvalue weighted by atomic mass is 10.2. The van der Waals surface area contributed by atoms with Crippen molar-refractivity contribution in [3.05, 3.63) is 47.0 Å². The fraction of sp³-hybridized carbons (Fsp3) is 0.263. The third kappa shape index (κ3) is 3.75. The summed E-state index contributed by atoms with van der Waals surface area (Å²) in [5.41, 5.74) is 2.05. The van der Waals surface area contributed by atoms with Gasteiger partial charge in [0.05, 0.1) is 5.69 Å². The highest BCUT2D eigenvalue weighted by Crippen LogP contribution is 2.35. The molecule has 0 saturated heterocycles. The van der Waals surface area contributed by atoms with E-state index in [1.165, 1.54) is 4.90 Å². The number of rotatable bonds is 4. The highest BCUT2D eigenvalue weighted by atomic mass is 35.5. The summed E-state index contributed by atoms with van der Waals surface area (Å²) in [7, 11) is 1.68. The number of carbonyl (C=O) groups excluding carboxylic acids is 2. The molecule has 2 amide bonds. The first-order valence-corrected chi connectivity index (χ1v) is 8.50. The van der Waals surface area contributed by atoms with Crippen LogP contribution in [-0.2, 0) is 9.59 Å². The van der Waals surface area contributed by atoms with Gasteiger partial charge >= 0.3 is 0 Å².